The average Bonchev–Trinajstić information content (AvgIpc) is 3.62. The summed E-state index contributed by atoms with van der Waals surface area (Å²) in [6.07, 6.45) is 0. The predicted molar refractivity (Wildman–Crippen MR) is 219 cm³/mol. The molecule has 0 fully saturated rings. The Hall–Kier alpha value is -6.97. The smallest absolute Gasteiger partial charge is 0.146 e. The fourth-order valence-corrected chi connectivity index (χ4v) is 7.61. The Morgan fingerprint density at radius 2 is 0.750 bits per heavy atom. The van der Waals surface area contributed by atoms with Gasteiger partial charge in [-0.05, 0) is 93.4 Å². The van der Waals surface area contributed by atoms with Crippen molar-refractivity contribution in [2.75, 3.05) is 4.90 Å². The molecule has 3 heteroatoms. The van der Waals surface area contributed by atoms with Gasteiger partial charge < -0.3 is 4.90 Å². The maximum Gasteiger partial charge on any atom is 0.146 e. The quantitative estimate of drug-likeness (QED) is 0.165. The Labute approximate surface area is 302 Å². The first-order valence-corrected chi connectivity index (χ1v) is 17.7. The lowest BCUT2D eigenvalue weighted by molar-refractivity contribution is 1.28. The molecule has 10 aromatic rings. The zero-order valence-corrected chi connectivity index (χ0v) is 28.4. The standard InChI is InChI=1S/C49H33N3/c1-3-11-34(12-4-1)36-19-26-40(27-20-36)51(41-28-21-37(22-29-41)35-13-5-2-6-14-35)42-30-23-38(24-31-42)39-25-32-48-46(33-39)50-49-45-17-8-7-15-43(45)44-16-9-10-18-47(44)52(48)49/h1-33H. The molecule has 0 amide bonds. The summed E-state index contributed by atoms with van der Waals surface area (Å²) in [5.41, 5.74) is 14.7. The monoisotopic (exact) mass is 663 g/mol. The van der Waals surface area contributed by atoms with E-state index in [0.29, 0.717) is 0 Å². The molecule has 0 N–H and O–H groups in total. The molecule has 244 valence electrons. The maximum atomic E-state index is 5.22. The van der Waals surface area contributed by atoms with E-state index < -0.39 is 0 Å². The van der Waals surface area contributed by atoms with Gasteiger partial charge in [-0.2, -0.15) is 0 Å². The van der Waals surface area contributed by atoms with Crippen LogP contribution in [0, 0.1) is 0 Å². The zero-order chi connectivity index (χ0) is 34.4. The highest BCUT2D eigenvalue weighted by atomic mass is 15.1. The minimum absolute atomic E-state index is 0.988. The zero-order valence-electron chi connectivity index (χ0n) is 28.4. The molecule has 0 atom stereocenters. The van der Waals surface area contributed by atoms with Crippen LogP contribution in [0.2, 0.25) is 0 Å². The largest absolute Gasteiger partial charge is 0.311 e. The van der Waals surface area contributed by atoms with Gasteiger partial charge in [0.15, 0.2) is 0 Å². The molecule has 3 nitrogen and oxygen atoms in total. The first-order valence-electron chi connectivity index (χ1n) is 17.7. The van der Waals surface area contributed by atoms with E-state index in [-0.39, 0.29) is 0 Å². The Morgan fingerprint density at radius 3 is 1.31 bits per heavy atom. The lowest BCUT2D eigenvalue weighted by atomic mass is 10.0. The number of fused-ring (bicyclic) bond motifs is 8. The maximum absolute atomic E-state index is 5.22. The molecule has 0 spiro atoms. The summed E-state index contributed by atoms with van der Waals surface area (Å²) in [6.45, 7) is 0. The summed E-state index contributed by atoms with van der Waals surface area (Å²) >= 11 is 0. The third kappa shape index (κ3) is 5.10. The highest BCUT2D eigenvalue weighted by Gasteiger charge is 2.16. The van der Waals surface area contributed by atoms with Crippen molar-refractivity contribution >= 4 is 55.4 Å². The number of aromatic nitrogens is 2. The summed E-state index contributed by atoms with van der Waals surface area (Å²) in [4.78, 5) is 7.55. The van der Waals surface area contributed by atoms with E-state index in [2.05, 4.69) is 209 Å². The summed E-state index contributed by atoms with van der Waals surface area (Å²) in [7, 11) is 0. The number of para-hydroxylation sites is 1. The van der Waals surface area contributed by atoms with Crippen molar-refractivity contribution in [3.63, 3.8) is 0 Å². The molecule has 10 rings (SSSR count). The van der Waals surface area contributed by atoms with Crippen LogP contribution in [0.4, 0.5) is 17.1 Å². The molecule has 0 unspecified atom stereocenters. The van der Waals surface area contributed by atoms with E-state index in [1.807, 2.05) is 0 Å². The van der Waals surface area contributed by atoms with Crippen molar-refractivity contribution in [3.8, 4) is 33.4 Å². The average molecular weight is 664 g/mol. The molecular weight excluding hydrogens is 631 g/mol. The number of hydrogen-bond donors (Lipinski definition) is 0. The van der Waals surface area contributed by atoms with Crippen molar-refractivity contribution in [2.45, 2.75) is 0 Å². The normalized spacial score (nSPS) is 11.5. The lowest BCUT2D eigenvalue weighted by Gasteiger charge is -2.26. The SMILES string of the molecule is c1ccc(-c2ccc(N(c3ccc(-c4ccccc4)cc3)c3ccc(-c4ccc5c(c4)nc4c6ccccc6c6ccccc6n54)cc3)cc2)cc1. The molecule has 0 saturated heterocycles. The molecule has 0 bridgehead atoms. The van der Waals surface area contributed by atoms with Crippen LogP contribution in [-0.2, 0) is 0 Å². The van der Waals surface area contributed by atoms with Gasteiger partial charge in [-0.15, -0.1) is 0 Å². The van der Waals surface area contributed by atoms with Crippen LogP contribution in [0.1, 0.15) is 0 Å². The van der Waals surface area contributed by atoms with Gasteiger partial charge in [0.1, 0.15) is 5.65 Å². The number of anilines is 3. The minimum atomic E-state index is 0.988. The Kier molecular flexibility index (Phi) is 7.14. The third-order valence-corrected chi connectivity index (χ3v) is 10.2. The second-order valence-corrected chi connectivity index (χ2v) is 13.2. The molecule has 8 aromatic carbocycles. The first kappa shape index (κ1) is 29.9. The lowest BCUT2D eigenvalue weighted by Crippen LogP contribution is -2.09. The van der Waals surface area contributed by atoms with E-state index in [1.54, 1.807) is 0 Å². The van der Waals surface area contributed by atoms with Crippen molar-refractivity contribution in [1.29, 1.82) is 0 Å². The topological polar surface area (TPSA) is 20.5 Å². The summed E-state index contributed by atoms with van der Waals surface area (Å²) in [5, 5.41) is 3.63. The Bertz CT molecular complexity index is 2770. The number of hydrogen-bond acceptors (Lipinski definition) is 2. The molecule has 2 heterocycles. The first-order chi connectivity index (χ1) is 25.8. The van der Waals surface area contributed by atoms with E-state index in [0.717, 1.165) is 50.3 Å². The number of pyridine rings is 1. The van der Waals surface area contributed by atoms with Gasteiger partial charge in [0.05, 0.1) is 16.6 Å². The van der Waals surface area contributed by atoms with Crippen LogP contribution in [0.3, 0.4) is 0 Å². The van der Waals surface area contributed by atoms with Crippen molar-refractivity contribution in [3.05, 3.63) is 200 Å². The van der Waals surface area contributed by atoms with Crippen molar-refractivity contribution < 1.29 is 0 Å². The Morgan fingerprint density at radius 1 is 0.327 bits per heavy atom. The van der Waals surface area contributed by atoms with E-state index in [4.69, 9.17) is 4.98 Å². The highest BCUT2D eigenvalue weighted by molar-refractivity contribution is 6.13. The predicted octanol–water partition coefficient (Wildman–Crippen LogP) is 13.3. The van der Waals surface area contributed by atoms with Gasteiger partial charge in [0.2, 0.25) is 0 Å². The second-order valence-electron chi connectivity index (χ2n) is 13.2. The minimum Gasteiger partial charge on any atom is -0.311 e. The van der Waals surface area contributed by atoms with Crippen LogP contribution in [0.5, 0.6) is 0 Å². The van der Waals surface area contributed by atoms with Gasteiger partial charge in [0, 0.05) is 27.8 Å². The number of nitrogens with zero attached hydrogens (tertiary/aromatic N) is 3. The number of rotatable bonds is 6. The van der Waals surface area contributed by atoms with E-state index in [1.165, 1.54) is 38.5 Å². The molecular formula is C49H33N3. The fourth-order valence-electron chi connectivity index (χ4n) is 7.61. The van der Waals surface area contributed by atoms with Crippen LogP contribution < -0.4 is 4.90 Å². The summed E-state index contributed by atoms with van der Waals surface area (Å²) < 4.78 is 2.31. The molecule has 0 radical (unpaired) electrons. The molecule has 2 aromatic heterocycles. The summed E-state index contributed by atoms with van der Waals surface area (Å²) in [6, 6.07) is 71.5. The van der Waals surface area contributed by atoms with Gasteiger partial charge in [-0.25, -0.2) is 4.98 Å². The number of imidazole rings is 1. The molecule has 0 aliphatic carbocycles. The van der Waals surface area contributed by atoms with Crippen LogP contribution in [0.15, 0.2) is 200 Å². The van der Waals surface area contributed by atoms with Crippen molar-refractivity contribution in [2.24, 2.45) is 0 Å². The molecule has 0 saturated carbocycles. The van der Waals surface area contributed by atoms with Crippen molar-refractivity contribution in [1.82, 2.24) is 9.38 Å². The second kappa shape index (κ2) is 12.4. The highest BCUT2D eigenvalue weighted by Crippen LogP contribution is 2.39. The molecule has 52 heavy (non-hydrogen) atoms. The van der Waals surface area contributed by atoms with Gasteiger partial charge in [0.25, 0.3) is 0 Å². The fraction of sp³-hybridized carbons (Fsp3) is 0. The summed E-state index contributed by atoms with van der Waals surface area (Å²) in [5.74, 6) is 0. The van der Waals surface area contributed by atoms with Crippen LogP contribution in [-0.4, -0.2) is 9.38 Å². The van der Waals surface area contributed by atoms with Gasteiger partial charge in [-0.1, -0.05) is 146 Å². The third-order valence-electron chi connectivity index (χ3n) is 10.2. The van der Waals surface area contributed by atoms with Crippen LogP contribution >= 0.6 is 0 Å². The van der Waals surface area contributed by atoms with Gasteiger partial charge in [-0.3, -0.25) is 4.40 Å². The van der Waals surface area contributed by atoms with E-state index >= 15 is 0 Å². The van der Waals surface area contributed by atoms with Gasteiger partial charge >= 0.3 is 0 Å². The molecule has 0 aliphatic rings. The Balaban J connectivity index is 1.04. The van der Waals surface area contributed by atoms with Crippen LogP contribution in [0.25, 0.3) is 71.7 Å². The number of benzene rings is 8. The van der Waals surface area contributed by atoms with E-state index in [9.17, 15) is 0 Å². The molecule has 0 aliphatic heterocycles.